The van der Waals surface area contributed by atoms with E-state index < -0.39 is 29.3 Å². The van der Waals surface area contributed by atoms with Gasteiger partial charge in [-0.05, 0) is 43.7 Å². The zero-order chi connectivity index (χ0) is 21.1. The van der Waals surface area contributed by atoms with Gasteiger partial charge in [0.1, 0.15) is 34.9 Å². The fourth-order valence-corrected chi connectivity index (χ4v) is 3.40. The van der Waals surface area contributed by atoms with Crippen LogP contribution in [-0.4, -0.2) is 49.1 Å². The zero-order valence-corrected chi connectivity index (χ0v) is 16.4. The van der Waals surface area contributed by atoms with Crippen LogP contribution in [0.1, 0.15) is 29.5 Å². The second kappa shape index (κ2) is 8.48. The third kappa shape index (κ3) is 3.88. The Morgan fingerprint density at radius 1 is 1.24 bits per heavy atom. The van der Waals surface area contributed by atoms with Gasteiger partial charge in [0.25, 0.3) is 11.7 Å². The van der Waals surface area contributed by atoms with E-state index in [0.717, 1.165) is 6.07 Å². The Kier molecular flexibility index (Phi) is 6.03. The van der Waals surface area contributed by atoms with Gasteiger partial charge in [0.2, 0.25) is 0 Å². The standard InChI is InChI=1S/C21H22FNO6/c1-12-5-7-16(29-12)18-17(20(25)21(26)23(18)9-4-10-27-2)19(24)14-11-13(22)6-8-15(14)28-3/h5-8,11,18,24H,4,9-10H2,1-3H3/b19-17+. The van der Waals surface area contributed by atoms with Crippen molar-refractivity contribution in [2.45, 2.75) is 19.4 Å². The Balaban J connectivity index is 2.16. The molecule has 1 aliphatic rings. The molecule has 7 nitrogen and oxygen atoms in total. The van der Waals surface area contributed by atoms with Gasteiger partial charge in [-0.3, -0.25) is 9.59 Å². The number of likely N-dealkylation sites (tertiary alicyclic amines) is 1. The number of halogens is 1. The maximum absolute atomic E-state index is 13.8. The van der Waals surface area contributed by atoms with Crippen molar-refractivity contribution in [1.82, 2.24) is 4.90 Å². The summed E-state index contributed by atoms with van der Waals surface area (Å²) in [5, 5.41) is 10.9. The molecule has 1 amide bonds. The maximum Gasteiger partial charge on any atom is 0.295 e. The van der Waals surface area contributed by atoms with Crippen LogP contribution in [0.3, 0.4) is 0 Å². The van der Waals surface area contributed by atoms with Crippen molar-refractivity contribution in [3.8, 4) is 5.75 Å². The van der Waals surface area contributed by atoms with Gasteiger partial charge in [0.15, 0.2) is 0 Å². The highest BCUT2D eigenvalue weighted by atomic mass is 19.1. The molecule has 1 N–H and O–H groups in total. The molecule has 8 heteroatoms. The first kappa shape index (κ1) is 20.6. The number of ether oxygens (including phenoxy) is 2. The van der Waals surface area contributed by atoms with E-state index in [1.54, 1.807) is 19.1 Å². The van der Waals surface area contributed by atoms with Crippen LogP contribution in [0.2, 0.25) is 0 Å². The lowest BCUT2D eigenvalue weighted by Gasteiger charge is -2.23. The van der Waals surface area contributed by atoms with Gasteiger partial charge in [-0.1, -0.05) is 0 Å². The number of aryl methyl sites for hydroxylation is 1. The third-order valence-electron chi connectivity index (χ3n) is 4.73. The van der Waals surface area contributed by atoms with Gasteiger partial charge in [-0.15, -0.1) is 0 Å². The normalized spacial score (nSPS) is 18.5. The number of carbonyl (C=O) groups is 2. The highest BCUT2D eigenvalue weighted by Crippen LogP contribution is 2.41. The molecule has 0 bridgehead atoms. The van der Waals surface area contributed by atoms with Crippen molar-refractivity contribution >= 4 is 17.4 Å². The summed E-state index contributed by atoms with van der Waals surface area (Å²) in [5.41, 5.74) is -0.193. The average molecular weight is 403 g/mol. The predicted molar refractivity (Wildman–Crippen MR) is 102 cm³/mol. The number of Topliss-reactive ketones (excluding diaryl/α,β-unsaturated/α-hetero) is 1. The molecular formula is C21H22FNO6. The number of nitrogens with zero attached hydrogens (tertiary/aromatic N) is 1. The van der Waals surface area contributed by atoms with Gasteiger partial charge in [-0.2, -0.15) is 0 Å². The lowest BCUT2D eigenvalue weighted by atomic mass is 9.98. The Morgan fingerprint density at radius 2 is 2.00 bits per heavy atom. The molecule has 1 aromatic carbocycles. The monoisotopic (exact) mass is 403 g/mol. The number of hydrogen-bond acceptors (Lipinski definition) is 6. The first-order valence-corrected chi connectivity index (χ1v) is 9.06. The van der Waals surface area contributed by atoms with Crippen molar-refractivity contribution < 1.29 is 33.0 Å². The number of hydrogen-bond donors (Lipinski definition) is 1. The summed E-state index contributed by atoms with van der Waals surface area (Å²) in [4.78, 5) is 26.9. The fourth-order valence-electron chi connectivity index (χ4n) is 3.40. The van der Waals surface area contributed by atoms with Crippen molar-refractivity contribution in [3.05, 3.63) is 58.8 Å². The quantitative estimate of drug-likeness (QED) is 0.331. The molecule has 1 aliphatic heterocycles. The Bertz CT molecular complexity index is 964. The van der Waals surface area contributed by atoms with Crippen LogP contribution in [0, 0.1) is 12.7 Å². The van der Waals surface area contributed by atoms with Gasteiger partial charge in [0.05, 0.1) is 18.2 Å². The predicted octanol–water partition coefficient (Wildman–Crippen LogP) is 3.19. The van der Waals surface area contributed by atoms with E-state index >= 15 is 0 Å². The van der Waals surface area contributed by atoms with Gasteiger partial charge >= 0.3 is 0 Å². The molecule has 0 aliphatic carbocycles. The summed E-state index contributed by atoms with van der Waals surface area (Å²) in [6, 6.07) is 5.97. The van der Waals surface area contributed by atoms with Gasteiger partial charge in [0, 0.05) is 20.3 Å². The molecule has 1 atom stereocenters. The van der Waals surface area contributed by atoms with Crippen molar-refractivity contribution in [2.24, 2.45) is 0 Å². The van der Waals surface area contributed by atoms with E-state index in [0.29, 0.717) is 24.5 Å². The molecule has 1 unspecified atom stereocenters. The van der Waals surface area contributed by atoms with Gasteiger partial charge < -0.3 is 23.9 Å². The second-order valence-electron chi connectivity index (χ2n) is 6.63. The Hall–Kier alpha value is -3.13. The van der Waals surface area contributed by atoms with Crippen LogP contribution in [0.4, 0.5) is 4.39 Å². The summed E-state index contributed by atoms with van der Waals surface area (Å²) in [6.45, 7) is 2.35. The number of aliphatic hydroxyl groups excluding tert-OH is 1. The van der Waals surface area contributed by atoms with Crippen LogP contribution in [0.15, 0.2) is 40.3 Å². The van der Waals surface area contributed by atoms with Crippen LogP contribution in [0.25, 0.3) is 5.76 Å². The lowest BCUT2D eigenvalue weighted by Crippen LogP contribution is -2.31. The molecule has 0 saturated carbocycles. The summed E-state index contributed by atoms with van der Waals surface area (Å²) < 4.78 is 29.7. The van der Waals surface area contributed by atoms with E-state index in [4.69, 9.17) is 13.9 Å². The van der Waals surface area contributed by atoms with Gasteiger partial charge in [-0.25, -0.2) is 4.39 Å². The molecule has 0 radical (unpaired) electrons. The minimum atomic E-state index is -0.937. The SMILES string of the molecule is COCCCN1C(=O)C(=O)/C(=C(/O)c2cc(F)ccc2OC)C1c1ccc(C)o1. The van der Waals surface area contributed by atoms with Crippen LogP contribution in [0.5, 0.6) is 5.75 Å². The maximum atomic E-state index is 13.8. The molecule has 0 spiro atoms. The molecule has 154 valence electrons. The number of methoxy groups -OCH3 is 2. The highest BCUT2D eigenvalue weighted by molar-refractivity contribution is 6.46. The molecule has 3 rings (SSSR count). The smallest absolute Gasteiger partial charge is 0.295 e. The van der Waals surface area contributed by atoms with Crippen LogP contribution >= 0.6 is 0 Å². The van der Waals surface area contributed by atoms with Crippen LogP contribution < -0.4 is 4.74 Å². The van der Waals surface area contributed by atoms with Crippen LogP contribution in [-0.2, 0) is 14.3 Å². The van der Waals surface area contributed by atoms with Crippen molar-refractivity contribution in [2.75, 3.05) is 27.4 Å². The fraction of sp³-hybridized carbons (Fsp3) is 0.333. The Labute approximate surface area is 167 Å². The third-order valence-corrected chi connectivity index (χ3v) is 4.73. The summed E-state index contributed by atoms with van der Waals surface area (Å²) in [7, 11) is 2.90. The summed E-state index contributed by atoms with van der Waals surface area (Å²) in [6.07, 6.45) is 0.489. The zero-order valence-electron chi connectivity index (χ0n) is 16.4. The minimum Gasteiger partial charge on any atom is -0.507 e. The van der Waals surface area contributed by atoms with E-state index in [1.807, 2.05) is 0 Å². The summed E-state index contributed by atoms with van der Waals surface area (Å²) >= 11 is 0. The number of carbonyl (C=O) groups excluding carboxylic acids is 2. The number of amides is 1. The average Bonchev–Trinajstić information content (AvgIpc) is 3.23. The van der Waals surface area contributed by atoms with Crippen molar-refractivity contribution in [3.63, 3.8) is 0 Å². The van der Waals surface area contributed by atoms with E-state index in [2.05, 4.69) is 0 Å². The number of furan rings is 1. The summed E-state index contributed by atoms with van der Waals surface area (Å²) in [5.74, 6) is -1.69. The first-order chi connectivity index (χ1) is 13.9. The molecule has 2 heterocycles. The molecule has 1 fully saturated rings. The molecule has 29 heavy (non-hydrogen) atoms. The Morgan fingerprint density at radius 3 is 2.62 bits per heavy atom. The number of benzene rings is 1. The van der Waals surface area contributed by atoms with E-state index in [1.165, 1.54) is 31.3 Å². The second-order valence-corrected chi connectivity index (χ2v) is 6.63. The molecular weight excluding hydrogens is 381 g/mol. The molecule has 1 saturated heterocycles. The highest BCUT2D eigenvalue weighted by Gasteiger charge is 2.47. The minimum absolute atomic E-state index is 0.0179. The van der Waals surface area contributed by atoms with E-state index in [9.17, 15) is 19.1 Å². The van der Waals surface area contributed by atoms with Crippen molar-refractivity contribution in [1.29, 1.82) is 0 Å². The first-order valence-electron chi connectivity index (χ1n) is 9.06. The lowest BCUT2D eigenvalue weighted by molar-refractivity contribution is -0.140. The largest absolute Gasteiger partial charge is 0.507 e. The topological polar surface area (TPSA) is 89.2 Å². The number of rotatable bonds is 7. The van der Waals surface area contributed by atoms with E-state index in [-0.39, 0.29) is 23.4 Å². The number of ketones is 1. The number of aliphatic hydroxyl groups is 1. The molecule has 2 aromatic rings. The molecule has 1 aromatic heterocycles.